The van der Waals surface area contributed by atoms with Crippen LogP contribution in [-0.2, 0) is 26.0 Å². The molecule has 0 bridgehead atoms. The Labute approximate surface area is 207 Å². The number of nitrogens with zero attached hydrogens (tertiary/aromatic N) is 3. The van der Waals surface area contributed by atoms with Gasteiger partial charge < -0.3 is 14.9 Å². The lowest BCUT2D eigenvalue weighted by Gasteiger charge is -2.26. The first-order valence-corrected chi connectivity index (χ1v) is 13.0. The molecule has 1 N–H and O–H groups in total. The molecular weight excluding hydrogens is 466 g/mol. The summed E-state index contributed by atoms with van der Waals surface area (Å²) in [5.41, 5.74) is 1.95. The van der Waals surface area contributed by atoms with Gasteiger partial charge >= 0.3 is 0 Å². The Morgan fingerprint density at radius 3 is 2.26 bits per heavy atom. The third-order valence-corrected chi connectivity index (χ3v) is 7.95. The number of Topliss-reactive ketones (excluding diaryl/α,β-unsaturated/α-hetero) is 1. The summed E-state index contributed by atoms with van der Waals surface area (Å²) in [4.78, 5) is 29.7. The molecule has 1 fully saturated rings. The fraction of sp³-hybridized carbons (Fsp3) is 0.385. The molecule has 2 aromatic rings. The fourth-order valence-electron chi connectivity index (χ4n) is 4.12. The minimum Gasteiger partial charge on any atom is -0.507 e. The van der Waals surface area contributed by atoms with E-state index in [4.69, 9.17) is 0 Å². The van der Waals surface area contributed by atoms with Gasteiger partial charge in [-0.1, -0.05) is 43.3 Å². The van der Waals surface area contributed by atoms with E-state index < -0.39 is 27.8 Å². The molecule has 0 saturated carbocycles. The van der Waals surface area contributed by atoms with Crippen LogP contribution in [0.3, 0.4) is 0 Å². The van der Waals surface area contributed by atoms with Crippen molar-refractivity contribution in [3.05, 3.63) is 70.8 Å². The number of aliphatic hydroxyl groups is 1. The van der Waals surface area contributed by atoms with E-state index in [1.807, 2.05) is 50.2 Å². The standard InChI is InChI=1S/C26H33N3O5S/c1-6-18-11-13-19(14-12-18)23-22(25(31)26(32)29(23)16-8-15-27(2)3)24(30)20-9-7-10-21(17-20)35(33,34)28(4)5/h7,9-14,17,23,30H,6,8,15-16H2,1-5H3/t23-/m1/s1. The van der Waals surface area contributed by atoms with Gasteiger partial charge in [-0.05, 0) is 56.7 Å². The first-order valence-electron chi connectivity index (χ1n) is 11.5. The molecule has 1 saturated heterocycles. The largest absolute Gasteiger partial charge is 0.507 e. The van der Waals surface area contributed by atoms with Gasteiger partial charge in [0, 0.05) is 26.2 Å². The Balaban J connectivity index is 2.14. The zero-order valence-corrected chi connectivity index (χ0v) is 21.7. The Kier molecular flexibility index (Phi) is 8.15. The molecule has 0 unspecified atom stereocenters. The highest BCUT2D eigenvalue weighted by molar-refractivity contribution is 7.89. The number of sulfonamides is 1. The maximum atomic E-state index is 13.2. The summed E-state index contributed by atoms with van der Waals surface area (Å²) in [5.74, 6) is -1.84. The average molecular weight is 500 g/mol. The quantitative estimate of drug-likeness (QED) is 0.324. The lowest BCUT2D eigenvalue weighted by Crippen LogP contribution is -2.32. The van der Waals surface area contributed by atoms with Gasteiger partial charge in [-0.25, -0.2) is 12.7 Å². The number of carbonyl (C=O) groups is 2. The van der Waals surface area contributed by atoms with Crippen molar-refractivity contribution in [1.29, 1.82) is 0 Å². The smallest absolute Gasteiger partial charge is 0.295 e. The molecule has 1 amide bonds. The zero-order chi connectivity index (χ0) is 25.9. The minimum atomic E-state index is -3.75. The van der Waals surface area contributed by atoms with Crippen molar-refractivity contribution >= 4 is 27.5 Å². The summed E-state index contributed by atoms with van der Waals surface area (Å²) in [5, 5.41) is 11.3. The molecule has 0 radical (unpaired) electrons. The van der Waals surface area contributed by atoms with Crippen molar-refractivity contribution < 1.29 is 23.1 Å². The van der Waals surface area contributed by atoms with Crippen LogP contribution in [-0.4, -0.2) is 80.6 Å². The van der Waals surface area contributed by atoms with E-state index in [0.29, 0.717) is 18.5 Å². The number of amides is 1. The van der Waals surface area contributed by atoms with Gasteiger partial charge in [-0.2, -0.15) is 0 Å². The molecule has 35 heavy (non-hydrogen) atoms. The molecule has 3 rings (SSSR count). The molecule has 1 atom stereocenters. The Bertz CT molecular complexity index is 1230. The number of hydrogen-bond donors (Lipinski definition) is 1. The topological polar surface area (TPSA) is 98.2 Å². The molecule has 1 heterocycles. The first kappa shape index (κ1) is 26.6. The summed E-state index contributed by atoms with van der Waals surface area (Å²) in [7, 11) is 2.95. The summed E-state index contributed by atoms with van der Waals surface area (Å²) in [6, 6.07) is 12.6. The number of carbonyl (C=O) groups excluding carboxylic acids is 2. The van der Waals surface area contributed by atoms with Gasteiger partial charge in [0.2, 0.25) is 10.0 Å². The van der Waals surface area contributed by atoms with Crippen LogP contribution in [0.5, 0.6) is 0 Å². The van der Waals surface area contributed by atoms with Crippen LogP contribution in [0.2, 0.25) is 0 Å². The van der Waals surface area contributed by atoms with Crippen molar-refractivity contribution in [2.24, 2.45) is 0 Å². The molecule has 9 heteroatoms. The summed E-state index contributed by atoms with van der Waals surface area (Å²) < 4.78 is 26.3. The summed E-state index contributed by atoms with van der Waals surface area (Å²) >= 11 is 0. The van der Waals surface area contributed by atoms with Crippen LogP contribution in [0.1, 0.15) is 36.1 Å². The SMILES string of the molecule is CCc1ccc([C@@H]2C(=C(O)c3cccc(S(=O)(=O)N(C)C)c3)C(=O)C(=O)N2CCCN(C)C)cc1. The molecule has 188 valence electrons. The minimum absolute atomic E-state index is 0.0180. The number of benzene rings is 2. The highest BCUT2D eigenvalue weighted by Crippen LogP contribution is 2.39. The number of rotatable bonds is 9. The van der Waals surface area contributed by atoms with Gasteiger partial charge in [-0.15, -0.1) is 0 Å². The zero-order valence-electron chi connectivity index (χ0n) is 20.9. The van der Waals surface area contributed by atoms with Crippen LogP contribution >= 0.6 is 0 Å². The predicted octanol–water partition coefficient (Wildman–Crippen LogP) is 2.87. The summed E-state index contributed by atoms with van der Waals surface area (Å²) in [6.45, 7) is 3.11. The second-order valence-electron chi connectivity index (χ2n) is 9.06. The molecule has 8 nitrogen and oxygen atoms in total. The van der Waals surface area contributed by atoms with Gasteiger partial charge in [0.1, 0.15) is 5.76 Å². The molecular formula is C26H33N3O5S. The number of hydrogen-bond acceptors (Lipinski definition) is 6. The second-order valence-corrected chi connectivity index (χ2v) is 11.2. The maximum absolute atomic E-state index is 13.2. The normalized spacial score (nSPS) is 18.1. The van der Waals surface area contributed by atoms with Crippen molar-refractivity contribution in [1.82, 2.24) is 14.1 Å². The monoisotopic (exact) mass is 499 g/mol. The fourth-order valence-corrected chi connectivity index (χ4v) is 5.07. The maximum Gasteiger partial charge on any atom is 0.295 e. The highest BCUT2D eigenvalue weighted by atomic mass is 32.2. The number of likely N-dealkylation sites (tertiary alicyclic amines) is 1. The third kappa shape index (κ3) is 5.47. The van der Waals surface area contributed by atoms with E-state index in [-0.39, 0.29) is 21.8 Å². The average Bonchev–Trinajstić information content (AvgIpc) is 3.08. The lowest BCUT2D eigenvalue weighted by molar-refractivity contribution is -0.139. The van der Waals surface area contributed by atoms with Crippen LogP contribution < -0.4 is 0 Å². The van der Waals surface area contributed by atoms with Gasteiger partial charge in [0.05, 0.1) is 16.5 Å². The summed E-state index contributed by atoms with van der Waals surface area (Å²) in [6.07, 6.45) is 1.50. The number of aryl methyl sites for hydroxylation is 1. The van der Waals surface area contributed by atoms with Crippen LogP contribution in [0, 0.1) is 0 Å². The van der Waals surface area contributed by atoms with E-state index in [1.54, 1.807) is 0 Å². The molecule has 0 aromatic heterocycles. The van der Waals surface area contributed by atoms with Crippen molar-refractivity contribution in [2.75, 3.05) is 41.3 Å². The van der Waals surface area contributed by atoms with E-state index in [0.717, 1.165) is 22.8 Å². The van der Waals surface area contributed by atoms with Crippen molar-refractivity contribution in [3.63, 3.8) is 0 Å². The van der Waals surface area contributed by atoms with E-state index in [9.17, 15) is 23.1 Å². The molecule has 1 aliphatic rings. The van der Waals surface area contributed by atoms with Crippen molar-refractivity contribution in [3.8, 4) is 0 Å². The van der Waals surface area contributed by atoms with Crippen LogP contribution in [0.15, 0.2) is 59.0 Å². The Hall–Kier alpha value is -3.01. The molecule has 2 aromatic carbocycles. The lowest BCUT2D eigenvalue weighted by atomic mass is 9.94. The third-order valence-electron chi connectivity index (χ3n) is 6.13. The van der Waals surface area contributed by atoms with Crippen LogP contribution in [0.4, 0.5) is 0 Å². The number of aliphatic hydroxyl groups excluding tert-OH is 1. The molecule has 0 spiro atoms. The van der Waals surface area contributed by atoms with E-state index in [1.165, 1.54) is 43.3 Å². The first-order chi connectivity index (χ1) is 16.5. The van der Waals surface area contributed by atoms with Crippen LogP contribution in [0.25, 0.3) is 5.76 Å². The number of ketones is 1. The van der Waals surface area contributed by atoms with Gasteiger partial charge in [0.15, 0.2) is 0 Å². The van der Waals surface area contributed by atoms with E-state index >= 15 is 0 Å². The Morgan fingerprint density at radius 2 is 1.69 bits per heavy atom. The van der Waals surface area contributed by atoms with Gasteiger partial charge in [-0.3, -0.25) is 9.59 Å². The van der Waals surface area contributed by atoms with Crippen molar-refractivity contribution in [2.45, 2.75) is 30.7 Å². The predicted molar refractivity (Wildman–Crippen MR) is 135 cm³/mol. The van der Waals surface area contributed by atoms with E-state index in [2.05, 4.69) is 0 Å². The molecule has 1 aliphatic heterocycles. The molecule has 0 aliphatic carbocycles. The van der Waals surface area contributed by atoms with Gasteiger partial charge in [0.25, 0.3) is 11.7 Å². The Morgan fingerprint density at radius 1 is 1.03 bits per heavy atom. The second kappa shape index (κ2) is 10.7. The highest BCUT2D eigenvalue weighted by Gasteiger charge is 2.45.